The van der Waals surface area contributed by atoms with Crippen LogP contribution in [0.4, 0.5) is 4.79 Å². The molecular weight excluding hydrogens is 310 g/mol. The van der Waals surface area contributed by atoms with Gasteiger partial charge < -0.3 is 19.6 Å². The Morgan fingerprint density at radius 1 is 1.17 bits per heavy atom. The quantitative estimate of drug-likeness (QED) is 0.887. The van der Waals surface area contributed by atoms with Gasteiger partial charge in [0.2, 0.25) is 11.8 Å². The summed E-state index contributed by atoms with van der Waals surface area (Å²) in [6.07, 6.45) is 5.08. The van der Waals surface area contributed by atoms with Crippen molar-refractivity contribution >= 4 is 11.9 Å². The maximum absolute atomic E-state index is 12.5. The third-order valence-electron chi connectivity index (χ3n) is 4.86. The van der Waals surface area contributed by atoms with E-state index in [0.29, 0.717) is 43.8 Å². The largest absolute Gasteiger partial charge is 0.337 e. The van der Waals surface area contributed by atoms with Crippen molar-refractivity contribution in [1.82, 2.24) is 25.3 Å². The van der Waals surface area contributed by atoms with Gasteiger partial charge in [-0.3, -0.25) is 4.79 Å². The molecule has 1 aliphatic heterocycles. The van der Waals surface area contributed by atoms with Crippen LogP contribution in [0, 0.1) is 6.92 Å². The van der Waals surface area contributed by atoms with Gasteiger partial charge in [-0.15, -0.1) is 0 Å². The molecule has 1 atom stereocenters. The fraction of sp³-hybridized carbons (Fsp3) is 0.750. The number of hydrogen-bond donors (Lipinski definition) is 1. The summed E-state index contributed by atoms with van der Waals surface area (Å²) in [5.74, 6) is 0.947. The average Bonchev–Trinajstić information content (AvgIpc) is 3.13. The number of carbonyl (C=O) groups is 2. The molecule has 1 saturated heterocycles. The topological polar surface area (TPSA) is 91.6 Å². The van der Waals surface area contributed by atoms with Crippen molar-refractivity contribution in [3.8, 4) is 0 Å². The van der Waals surface area contributed by atoms with Crippen molar-refractivity contribution in [1.29, 1.82) is 0 Å². The number of aromatic nitrogens is 2. The van der Waals surface area contributed by atoms with Crippen LogP contribution in [0.15, 0.2) is 4.52 Å². The fourth-order valence-electron chi connectivity index (χ4n) is 3.55. The highest BCUT2D eigenvalue weighted by Crippen LogP contribution is 2.26. The molecule has 8 nitrogen and oxygen atoms in total. The average molecular weight is 335 g/mol. The first kappa shape index (κ1) is 16.7. The Bertz CT molecular complexity index is 596. The summed E-state index contributed by atoms with van der Waals surface area (Å²) >= 11 is 0. The van der Waals surface area contributed by atoms with Crippen molar-refractivity contribution < 1.29 is 14.1 Å². The Balaban J connectivity index is 1.67. The second-order valence-corrected chi connectivity index (χ2v) is 6.61. The van der Waals surface area contributed by atoms with Crippen LogP contribution in [-0.4, -0.2) is 57.6 Å². The van der Waals surface area contributed by atoms with Crippen LogP contribution in [0.5, 0.6) is 0 Å². The fourth-order valence-corrected chi connectivity index (χ4v) is 3.55. The van der Waals surface area contributed by atoms with Crippen LogP contribution in [0.25, 0.3) is 0 Å². The first-order valence-electron chi connectivity index (χ1n) is 8.67. The van der Waals surface area contributed by atoms with Crippen molar-refractivity contribution in [2.45, 2.75) is 58.0 Å². The normalized spacial score (nSPS) is 22.5. The molecule has 1 unspecified atom stereocenters. The summed E-state index contributed by atoms with van der Waals surface area (Å²) in [7, 11) is 0. The number of nitrogens with zero attached hydrogens (tertiary/aromatic N) is 4. The summed E-state index contributed by atoms with van der Waals surface area (Å²) in [5, 5.41) is 6.93. The molecule has 1 saturated carbocycles. The Morgan fingerprint density at radius 2 is 1.92 bits per heavy atom. The lowest BCUT2D eigenvalue weighted by atomic mass is 10.1. The van der Waals surface area contributed by atoms with E-state index < -0.39 is 0 Å². The number of aryl methyl sites for hydroxylation is 1. The number of amides is 3. The highest BCUT2D eigenvalue weighted by Gasteiger charge is 2.32. The molecule has 2 heterocycles. The Kier molecular flexibility index (Phi) is 5.01. The number of urea groups is 1. The van der Waals surface area contributed by atoms with Crippen LogP contribution in [-0.2, 0) is 4.79 Å². The summed E-state index contributed by atoms with van der Waals surface area (Å²) in [4.78, 5) is 32.3. The van der Waals surface area contributed by atoms with Crippen molar-refractivity contribution in [3.63, 3.8) is 0 Å². The van der Waals surface area contributed by atoms with Crippen LogP contribution in [0.2, 0.25) is 0 Å². The van der Waals surface area contributed by atoms with Gasteiger partial charge in [0.15, 0.2) is 5.82 Å². The molecule has 2 fully saturated rings. The van der Waals surface area contributed by atoms with Gasteiger partial charge in [0.25, 0.3) is 0 Å². The first-order chi connectivity index (χ1) is 11.5. The zero-order chi connectivity index (χ0) is 17.1. The smallest absolute Gasteiger partial charge is 0.317 e. The van der Waals surface area contributed by atoms with E-state index in [2.05, 4.69) is 15.5 Å². The standard InChI is InChI=1S/C16H25N5O3/c1-11-17-15(24-19-11)14-7-8-20(9-10-21(14)12(2)22)16(23)18-13-5-3-4-6-13/h13-14H,3-10H2,1-2H3,(H,18,23). The van der Waals surface area contributed by atoms with E-state index >= 15 is 0 Å². The van der Waals surface area contributed by atoms with Gasteiger partial charge in [-0.05, 0) is 26.2 Å². The molecule has 1 N–H and O–H groups in total. The summed E-state index contributed by atoms with van der Waals surface area (Å²) in [6, 6.07) is -0.0141. The number of hydrogen-bond acceptors (Lipinski definition) is 5. The van der Waals surface area contributed by atoms with Gasteiger partial charge in [-0.25, -0.2) is 4.79 Å². The minimum Gasteiger partial charge on any atom is -0.337 e. The summed E-state index contributed by atoms with van der Waals surface area (Å²) < 4.78 is 5.27. The zero-order valence-electron chi connectivity index (χ0n) is 14.3. The third-order valence-corrected chi connectivity index (χ3v) is 4.86. The lowest BCUT2D eigenvalue weighted by molar-refractivity contribution is -0.131. The highest BCUT2D eigenvalue weighted by atomic mass is 16.5. The van der Waals surface area contributed by atoms with Crippen molar-refractivity contribution in [2.24, 2.45) is 0 Å². The summed E-state index contributed by atoms with van der Waals surface area (Å²) in [5.41, 5.74) is 0. The van der Waals surface area contributed by atoms with E-state index in [9.17, 15) is 9.59 Å². The first-order valence-corrected chi connectivity index (χ1v) is 8.67. The molecule has 0 bridgehead atoms. The lowest BCUT2D eigenvalue weighted by Gasteiger charge is -2.25. The minimum atomic E-state index is -0.270. The molecule has 0 aromatic carbocycles. The monoisotopic (exact) mass is 335 g/mol. The van der Waals surface area contributed by atoms with Crippen molar-refractivity contribution in [3.05, 3.63) is 11.7 Å². The van der Waals surface area contributed by atoms with Gasteiger partial charge in [0, 0.05) is 32.6 Å². The lowest BCUT2D eigenvalue weighted by Crippen LogP contribution is -2.45. The molecule has 3 amide bonds. The molecule has 1 aliphatic carbocycles. The second kappa shape index (κ2) is 7.19. The molecular formula is C16H25N5O3. The van der Waals surface area contributed by atoms with Crippen LogP contribution >= 0.6 is 0 Å². The summed E-state index contributed by atoms with van der Waals surface area (Å²) in [6.45, 7) is 4.84. The SMILES string of the molecule is CC(=O)N1CCN(C(=O)NC2CCCC2)CCC1c1nc(C)no1. The molecule has 0 spiro atoms. The minimum absolute atomic E-state index is 0.0345. The van der Waals surface area contributed by atoms with Crippen LogP contribution in [0.3, 0.4) is 0 Å². The number of nitrogens with one attached hydrogen (secondary N) is 1. The molecule has 3 rings (SSSR count). The molecule has 1 aromatic heterocycles. The van der Waals surface area contributed by atoms with E-state index in [4.69, 9.17) is 4.52 Å². The predicted molar refractivity (Wildman–Crippen MR) is 86.1 cm³/mol. The van der Waals surface area contributed by atoms with E-state index in [1.807, 2.05) is 0 Å². The molecule has 8 heteroatoms. The number of rotatable bonds is 2. The molecule has 132 valence electrons. The second-order valence-electron chi connectivity index (χ2n) is 6.61. The van der Waals surface area contributed by atoms with E-state index in [1.165, 1.54) is 19.8 Å². The molecule has 2 aliphatic rings. The zero-order valence-corrected chi connectivity index (χ0v) is 14.3. The Labute approximate surface area is 141 Å². The van der Waals surface area contributed by atoms with E-state index in [0.717, 1.165) is 12.8 Å². The molecule has 24 heavy (non-hydrogen) atoms. The van der Waals surface area contributed by atoms with Gasteiger partial charge in [0.1, 0.15) is 6.04 Å². The Hall–Kier alpha value is -2.12. The Morgan fingerprint density at radius 3 is 2.54 bits per heavy atom. The van der Waals surface area contributed by atoms with Crippen LogP contribution < -0.4 is 5.32 Å². The maximum Gasteiger partial charge on any atom is 0.317 e. The van der Waals surface area contributed by atoms with E-state index in [1.54, 1.807) is 16.7 Å². The van der Waals surface area contributed by atoms with Crippen LogP contribution in [0.1, 0.15) is 56.8 Å². The van der Waals surface area contributed by atoms with E-state index in [-0.39, 0.29) is 18.0 Å². The van der Waals surface area contributed by atoms with Gasteiger partial charge >= 0.3 is 6.03 Å². The maximum atomic E-state index is 12.5. The predicted octanol–water partition coefficient (Wildman–Crippen LogP) is 1.63. The van der Waals surface area contributed by atoms with Crippen molar-refractivity contribution in [2.75, 3.05) is 19.6 Å². The third kappa shape index (κ3) is 3.68. The molecule has 0 radical (unpaired) electrons. The van der Waals surface area contributed by atoms with Gasteiger partial charge in [-0.2, -0.15) is 4.98 Å². The number of carbonyl (C=O) groups excluding carboxylic acids is 2. The van der Waals surface area contributed by atoms with Gasteiger partial charge in [0.05, 0.1) is 0 Å². The molecule has 1 aromatic rings. The highest BCUT2D eigenvalue weighted by molar-refractivity contribution is 5.76. The van der Waals surface area contributed by atoms with Gasteiger partial charge in [-0.1, -0.05) is 18.0 Å².